The summed E-state index contributed by atoms with van der Waals surface area (Å²) < 4.78 is 9.49. The van der Waals surface area contributed by atoms with Gasteiger partial charge in [-0.1, -0.05) is 58.4 Å². The van der Waals surface area contributed by atoms with Gasteiger partial charge < -0.3 is 9.47 Å². The van der Waals surface area contributed by atoms with Gasteiger partial charge in [-0.15, -0.1) is 0 Å². The molecule has 2 unspecified atom stereocenters. The van der Waals surface area contributed by atoms with Crippen LogP contribution >= 0.6 is 15.9 Å². The summed E-state index contributed by atoms with van der Waals surface area (Å²) in [5.41, 5.74) is 0.345. The monoisotopic (exact) mass is 463 g/mol. The van der Waals surface area contributed by atoms with Crippen molar-refractivity contribution in [1.82, 2.24) is 0 Å². The van der Waals surface area contributed by atoms with Crippen LogP contribution in [0.4, 0.5) is 5.69 Å². The zero-order valence-corrected chi connectivity index (χ0v) is 17.2. The quantitative estimate of drug-likeness (QED) is 0.147. The van der Waals surface area contributed by atoms with Crippen LogP contribution < -0.4 is 0 Å². The van der Waals surface area contributed by atoms with Crippen LogP contribution in [-0.4, -0.2) is 41.7 Å². The van der Waals surface area contributed by atoms with Gasteiger partial charge in [0.05, 0.1) is 24.0 Å². The molecule has 2 aromatic carbocycles. The molecule has 0 aliphatic carbocycles. The van der Waals surface area contributed by atoms with Crippen molar-refractivity contribution in [1.29, 1.82) is 0 Å². The Balaban J connectivity index is 2.62. The van der Waals surface area contributed by atoms with Crippen molar-refractivity contribution >= 4 is 39.3 Å². The minimum absolute atomic E-state index is 0.242. The zero-order valence-electron chi connectivity index (χ0n) is 15.6. The molecule has 9 heteroatoms. The Morgan fingerprint density at radius 3 is 2.07 bits per heavy atom. The molecule has 0 aliphatic heterocycles. The lowest BCUT2D eigenvalue weighted by Crippen LogP contribution is -2.38. The molecule has 0 heterocycles. The highest BCUT2D eigenvalue weighted by molar-refractivity contribution is 9.10. The van der Waals surface area contributed by atoms with E-state index in [0.717, 1.165) is 14.2 Å². The van der Waals surface area contributed by atoms with Crippen LogP contribution in [0.1, 0.15) is 21.8 Å². The van der Waals surface area contributed by atoms with Gasteiger partial charge in [-0.2, -0.15) is 0 Å². The maximum atomic E-state index is 13.0. The number of nitrogens with zero attached hydrogens (tertiary/aromatic N) is 1. The standard InChI is InChI=1S/C20H18BrNO7/c1-28-19(24)16(20(25)29-2)15(13-9-6-10-14(11-13)22(26)27)17(21)18(23)12-7-4-3-5-8-12/h3-11,15-17H,1-2H3. The van der Waals surface area contributed by atoms with Gasteiger partial charge in [0.1, 0.15) is 0 Å². The second-order valence-corrected chi connectivity index (χ2v) is 7.02. The fraction of sp³-hybridized carbons (Fsp3) is 0.250. The zero-order chi connectivity index (χ0) is 21.6. The number of hydrogen-bond acceptors (Lipinski definition) is 7. The number of ether oxygens (including phenoxy) is 2. The molecule has 0 spiro atoms. The summed E-state index contributed by atoms with van der Waals surface area (Å²) in [4.78, 5) is 47.4. The van der Waals surface area contributed by atoms with E-state index in [-0.39, 0.29) is 11.3 Å². The number of esters is 2. The van der Waals surface area contributed by atoms with E-state index in [2.05, 4.69) is 15.9 Å². The number of hydrogen-bond donors (Lipinski definition) is 0. The summed E-state index contributed by atoms with van der Waals surface area (Å²) in [5.74, 6) is -4.86. The fourth-order valence-electron chi connectivity index (χ4n) is 2.94. The predicted octanol–water partition coefficient (Wildman–Crippen LogP) is 3.29. The maximum Gasteiger partial charge on any atom is 0.320 e. The second kappa shape index (κ2) is 9.92. The Labute approximate surface area is 175 Å². The summed E-state index contributed by atoms with van der Waals surface area (Å²) in [5, 5.41) is 11.2. The SMILES string of the molecule is COC(=O)C(C(=O)OC)C(c1cccc([N+](=O)[O-])c1)C(Br)C(=O)c1ccccc1. The third-order valence-electron chi connectivity index (χ3n) is 4.36. The van der Waals surface area contributed by atoms with E-state index in [0.29, 0.717) is 5.56 Å². The molecule has 2 rings (SSSR count). The summed E-state index contributed by atoms with van der Waals surface area (Å²) in [6, 6.07) is 13.7. The predicted molar refractivity (Wildman–Crippen MR) is 107 cm³/mol. The van der Waals surface area contributed by atoms with Crippen molar-refractivity contribution < 1.29 is 28.8 Å². The number of ketones is 1. The average Bonchev–Trinajstić information content (AvgIpc) is 2.76. The van der Waals surface area contributed by atoms with Crippen molar-refractivity contribution in [2.75, 3.05) is 14.2 Å². The molecule has 0 aromatic heterocycles. The van der Waals surface area contributed by atoms with Crippen LogP contribution in [0.15, 0.2) is 54.6 Å². The van der Waals surface area contributed by atoms with E-state index in [1.165, 1.54) is 24.3 Å². The van der Waals surface area contributed by atoms with E-state index < -0.39 is 39.3 Å². The molecule has 0 N–H and O–H groups in total. The van der Waals surface area contributed by atoms with Gasteiger partial charge in [-0.3, -0.25) is 24.5 Å². The van der Waals surface area contributed by atoms with Gasteiger partial charge in [-0.25, -0.2) is 0 Å². The number of Topliss-reactive ketones (excluding diaryl/α,β-unsaturated/α-hetero) is 1. The number of rotatable bonds is 8. The number of non-ortho nitro benzene ring substituents is 1. The van der Waals surface area contributed by atoms with Crippen molar-refractivity contribution in [3.63, 3.8) is 0 Å². The first-order valence-corrected chi connectivity index (χ1v) is 9.36. The Kier molecular flexibility index (Phi) is 7.60. The van der Waals surface area contributed by atoms with Gasteiger partial charge >= 0.3 is 11.9 Å². The van der Waals surface area contributed by atoms with Gasteiger partial charge in [0, 0.05) is 23.6 Å². The minimum Gasteiger partial charge on any atom is -0.468 e. The largest absolute Gasteiger partial charge is 0.468 e. The molecule has 0 saturated heterocycles. The first-order valence-electron chi connectivity index (χ1n) is 8.45. The molecule has 0 amide bonds. The number of nitro benzene ring substituents is 1. The summed E-state index contributed by atoms with van der Waals surface area (Å²) in [7, 11) is 2.20. The third kappa shape index (κ3) is 5.05. The highest BCUT2D eigenvalue weighted by Gasteiger charge is 2.44. The summed E-state index contributed by atoms with van der Waals surface area (Å²) in [6.07, 6.45) is 0. The first kappa shape index (κ1) is 22.2. The fourth-order valence-corrected chi connectivity index (χ4v) is 3.82. The highest BCUT2D eigenvalue weighted by Crippen LogP contribution is 2.37. The first-order chi connectivity index (χ1) is 13.8. The summed E-state index contributed by atoms with van der Waals surface area (Å²) in [6.45, 7) is 0. The van der Waals surface area contributed by atoms with Crippen LogP contribution in [0.3, 0.4) is 0 Å². The Hall–Kier alpha value is -3.07. The normalized spacial score (nSPS) is 12.7. The number of alkyl halides is 1. The number of halogens is 1. The Morgan fingerprint density at radius 1 is 0.966 bits per heavy atom. The van der Waals surface area contributed by atoms with E-state index in [1.807, 2.05) is 0 Å². The van der Waals surface area contributed by atoms with Gasteiger partial charge in [0.15, 0.2) is 11.7 Å². The third-order valence-corrected chi connectivity index (χ3v) is 5.34. The molecular formula is C20H18BrNO7. The van der Waals surface area contributed by atoms with E-state index in [9.17, 15) is 24.5 Å². The van der Waals surface area contributed by atoms with Gasteiger partial charge in [0.25, 0.3) is 5.69 Å². The molecule has 0 bridgehead atoms. The van der Waals surface area contributed by atoms with Crippen molar-refractivity contribution in [3.8, 4) is 0 Å². The maximum absolute atomic E-state index is 13.0. The Morgan fingerprint density at radius 2 is 1.55 bits per heavy atom. The molecule has 0 radical (unpaired) electrons. The van der Waals surface area contributed by atoms with E-state index in [1.54, 1.807) is 30.3 Å². The van der Waals surface area contributed by atoms with Gasteiger partial charge in [-0.05, 0) is 5.56 Å². The van der Waals surface area contributed by atoms with Crippen LogP contribution in [0, 0.1) is 16.0 Å². The number of carbonyl (C=O) groups is 3. The number of nitro groups is 1. The lowest BCUT2D eigenvalue weighted by molar-refractivity contribution is -0.384. The van der Waals surface area contributed by atoms with Gasteiger partial charge in [0.2, 0.25) is 0 Å². The highest BCUT2D eigenvalue weighted by atomic mass is 79.9. The average molecular weight is 464 g/mol. The van der Waals surface area contributed by atoms with Crippen molar-refractivity contribution in [2.24, 2.45) is 5.92 Å². The molecule has 2 aromatic rings. The molecule has 8 nitrogen and oxygen atoms in total. The number of benzene rings is 2. The van der Waals surface area contributed by atoms with Crippen LogP contribution in [0.2, 0.25) is 0 Å². The van der Waals surface area contributed by atoms with Crippen LogP contribution in [0.25, 0.3) is 0 Å². The lowest BCUT2D eigenvalue weighted by atomic mass is 9.81. The molecule has 0 fully saturated rings. The second-order valence-electron chi connectivity index (χ2n) is 6.03. The molecule has 0 aliphatic rings. The molecule has 2 atom stereocenters. The molecule has 29 heavy (non-hydrogen) atoms. The molecular weight excluding hydrogens is 446 g/mol. The van der Waals surface area contributed by atoms with E-state index >= 15 is 0 Å². The Bertz CT molecular complexity index is 900. The van der Waals surface area contributed by atoms with Crippen LogP contribution in [0.5, 0.6) is 0 Å². The topological polar surface area (TPSA) is 113 Å². The number of methoxy groups -OCH3 is 2. The minimum atomic E-state index is -1.51. The molecule has 0 saturated carbocycles. The van der Waals surface area contributed by atoms with Crippen molar-refractivity contribution in [3.05, 3.63) is 75.8 Å². The van der Waals surface area contributed by atoms with E-state index in [4.69, 9.17) is 9.47 Å². The molecule has 152 valence electrons. The smallest absolute Gasteiger partial charge is 0.320 e. The van der Waals surface area contributed by atoms with Crippen molar-refractivity contribution in [2.45, 2.75) is 10.7 Å². The number of carbonyl (C=O) groups excluding carboxylic acids is 3. The van der Waals surface area contributed by atoms with Crippen LogP contribution in [-0.2, 0) is 19.1 Å². The summed E-state index contributed by atoms with van der Waals surface area (Å²) >= 11 is 3.31. The lowest BCUT2D eigenvalue weighted by Gasteiger charge is -2.27.